The summed E-state index contributed by atoms with van der Waals surface area (Å²) < 4.78 is 12.8. The molecule has 1 fully saturated rings. The van der Waals surface area contributed by atoms with Crippen LogP contribution in [0.4, 0.5) is 4.39 Å². The van der Waals surface area contributed by atoms with Crippen molar-refractivity contribution in [2.45, 2.75) is 0 Å². The summed E-state index contributed by atoms with van der Waals surface area (Å²) in [6.45, 7) is 3.84. The molecule has 0 bridgehead atoms. The number of amides is 1. The van der Waals surface area contributed by atoms with E-state index < -0.39 is 0 Å². The van der Waals surface area contributed by atoms with Crippen molar-refractivity contribution < 1.29 is 9.18 Å². The van der Waals surface area contributed by atoms with Crippen LogP contribution in [-0.4, -0.2) is 48.4 Å². The Morgan fingerprint density at radius 3 is 2.42 bits per heavy atom. The quantitative estimate of drug-likeness (QED) is 0.850. The van der Waals surface area contributed by atoms with Crippen molar-refractivity contribution in [2.75, 3.05) is 32.7 Å². The van der Waals surface area contributed by atoms with Crippen LogP contribution in [0.1, 0.15) is 10.4 Å². The molecule has 0 unspecified atom stereocenters. The number of hydrogen-bond acceptors (Lipinski definition) is 2. The summed E-state index contributed by atoms with van der Waals surface area (Å²) in [4.78, 5) is 16.2. The first kappa shape index (κ1) is 14.0. The lowest BCUT2D eigenvalue weighted by Crippen LogP contribution is -2.48. The van der Waals surface area contributed by atoms with Crippen molar-refractivity contribution in [1.29, 1.82) is 0 Å². The Balaban J connectivity index is 1.90. The van der Waals surface area contributed by atoms with E-state index in [4.69, 9.17) is 11.6 Å². The van der Waals surface area contributed by atoms with Crippen molar-refractivity contribution in [3.63, 3.8) is 0 Å². The zero-order valence-electron chi connectivity index (χ0n) is 10.6. The first-order chi connectivity index (χ1) is 9.20. The fourth-order valence-corrected chi connectivity index (χ4v) is 2.18. The molecule has 0 radical (unpaired) electrons. The summed E-state index contributed by atoms with van der Waals surface area (Å²) in [5.41, 5.74) is 2.05. The van der Waals surface area contributed by atoms with Crippen LogP contribution in [0.2, 0.25) is 0 Å². The van der Waals surface area contributed by atoms with Gasteiger partial charge in [0.1, 0.15) is 5.82 Å². The van der Waals surface area contributed by atoms with Gasteiger partial charge in [0.25, 0.3) is 5.91 Å². The molecule has 0 atom stereocenters. The molecule has 1 amide bonds. The molecule has 1 aromatic rings. The van der Waals surface area contributed by atoms with Gasteiger partial charge in [0.2, 0.25) is 0 Å². The van der Waals surface area contributed by atoms with Gasteiger partial charge >= 0.3 is 0 Å². The van der Waals surface area contributed by atoms with Gasteiger partial charge in [-0.15, -0.1) is 0 Å². The summed E-state index contributed by atoms with van der Waals surface area (Å²) in [6, 6.07) is 5.68. The average Bonchev–Trinajstić information content (AvgIpc) is 2.46. The maximum absolute atomic E-state index is 12.8. The number of carbonyl (C=O) groups excluding carboxylic acids is 1. The molecule has 2 rings (SSSR count). The molecular formula is C14H16ClFN2O. The van der Waals surface area contributed by atoms with E-state index in [1.807, 2.05) is 6.08 Å². The van der Waals surface area contributed by atoms with Gasteiger partial charge in [-0.1, -0.05) is 17.7 Å². The minimum Gasteiger partial charge on any atom is -0.336 e. The molecule has 1 aliphatic rings. The topological polar surface area (TPSA) is 23.6 Å². The molecule has 102 valence electrons. The zero-order valence-corrected chi connectivity index (χ0v) is 11.3. The van der Waals surface area contributed by atoms with Gasteiger partial charge in [0.15, 0.2) is 0 Å². The van der Waals surface area contributed by atoms with E-state index in [-0.39, 0.29) is 11.7 Å². The van der Waals surface area contributed by atoms with Crippen LogP contribution in [0.25, 0.3) is 0 Å². The molecular weight excluding hydrogens is 267 g/mol. The SMILES string of the molecule is O=C(c1ccc(F)cc1)N1CCN(C/C=C/Cl)CC1. The summed E-state index contributed by atoms with van der Waals surface area (Å²) >= 11 is 5.49. The second kappa shape index (κ2) is 6.68. The molecule has 0 spiro atoms. The van der Waals surface area contributed by atoms with Crippen LogP contribution in [0, 0.1) is 5.82 Å². The molecule has 19 heavy (non-hydrogen) atoms. The highest BCUT2D eigenvalue weighted by molar-refractivity contribution is 6.25. The third kappa shape index (κ3) is 3.78. The number of carbonyl (C=O) groups is 1. The van der Waals surface area contributed by atoms with Crippen molar-refractivity contribution in [2.24, 2.45) is 0 Å². The zero-order chi connectivity index (χ0) is 13.7. The average molecular weight is 283 g/mol. The smallest absolute Gasteiger partial charge is 0.253 e. The summed E-state index contributed by atoms with van der Waals surface area (Å²) in [5.74, 6) is -0.359. The second-order valence-corrected chi connectivity index (χ2v) is 4.71. The molecule has 0 N–H and O–H groups in total. The molecule has 3 nitrogen and oxygen atoms in total. The highest BCUT2D eigenvalue weighted by atomic mass is 35.5. The fourth-order valence-electron chi connectivity index (χ4n) is 2.10. The van der Waals surface area contributed by atoms with Gasteiger partial charge in [-0.3, -0.25) is 9.69 Å². The third-order valence-electron chi connectivity index (χ3n) is 3.20. The van der Waals surface area contributed by atoms with Gasteiger partial charge in [-0.05, 0) is 24.3 Å². The Hall–Kier alpha value is -1.39. The summed E-state index contributed by atoms with van der Waals surface area (Å²) in [7, 11) is 0. The Morgan fingerprint density at radius 1 is 1.21 bits per heavy atom. The van der Waals surface area contributed by atoms with Crippen molar-refractivity contribution in [3.05, 3.63) is 47.3 Å². The lowest BCUT2D eigenvalue weighted by atomic mass is 10.2. The van der Waals surface area contributed by atoms with Crippen molar-refractivity contribution in [1.82, 2.24) is 9.80 Å². The van der Waals surface area contributed by atoms with Crippen LogP contribution in [0.3, 0.4) is 0 Å². The predicted octanol–water partition coefficient (Wildman–Crippen LogP) is 2.34. The molecule has 1 heterocycles. The molecule has 0 aromatic heterocycles. The normalized spacial score (nSPS) is 17.1. The van der Waals surface area contributed by atoms with Gasteiger partial charge in [-0.25, -0.2) is 4.39 Å². The van der Waals surface area contributed by atoms with Crippen LogP contribution < -0.4 is 0 Å². The van der Waals surface area contributed by atoms with Crippen LogP contribution in [0.15, 0.2) is 35.9 Å². The standard InChI is InChI=1S/C14H16ClFN2O/c15-6-1-7-17-8-10-18(11-9-17)14(19)12-2-4-13(16)5-3-12/h1-6H,7-11H2/b6-1+. The molecule has 5 heteroatoms. The number of nitrogens with zero attached hydrogens (tertiary/aromatic N) is 2. The number of piperazine rings is 1. The van der Waals surface area contributed by atoms with Gasteiger partial charge in [0.05, 0.1) is 0 Å². The Labute approximate surface area is 117 Å². The van der Waals surface area contributed by atoms with Crippen LogP contribution in [-0.2, 0) is 0 Å². The van der Waals surface area contributed by atoms with Gasteiger partial charge < -0.3 is 4.90 Å². The number of hydrogen-bond donors (Lipinski definition) is 0. The molecule has 1 aliphatic heterocycles. The first-order valence-electron chi connectivity index (χ1n) is 6.23. The summed E-state index contributed by atoms with van der Waals surface area (Å²) in [6.07, 6.45) is 1.89. The summed E-state index contributed by atoms with van der Waals surface area (Å²) in [5, 5.41) is 0. The lowest BCUT2D eigenvalue weighted by molar-refractivity contribution is 0.0650. The molecule has 1 saturated heterocycles. The highest BCUT2D eigenvalue weighted by Crippen LogP contribution is 2.10. The van der Waals surface area contributed by atoms with E-state index >= 15 is 0 Å². The molecule has 0 saturated carbocycles. The Morgan fingerprint density at radius 2 is 1.84 bits per heavy atom. The van der Waals surface area contributed by atoms with E-state index in [1.54, 1.807) is 4.90 Å². The number of halogens is 2. The van der Waals surface area contributed by atoms with E-state index in [2.05, 4.69) is 4.90 Å². The first-order valence-corrected chi connectivity index (χ1v) is 6.67. The molecule has 1 aromatic carbocycles. The largest absolute Gasteiger partial charge is 0.336 e. The maximum Gasteiger partial charge on any atom is 0.253 e. The fraction of sp³-hybridized carbons (Fsp3) is 0.357. The second-order valence-electron chi connectivity index (χ2n) is 4.46. The van der Waals surface area contributed by atoms with E-state index in [9.17, 15) is 9.18 Å². The van der Waals surface area contributed by atoms with Gasteiger partial charge in [0, 0.05) is 43.8 Å². The van der Waals surface area contributed by atoms with E-state index in [0.29, 0.717) is 18.7 Å². The number of benzene rings is 1. The minimum absolute atomic E-state index is 0.0347. The van der Waals surface area contributed by atoms with Crippen LogP contribution >= 0.6 is 11.6 Å². The Kier molecular flexibility index (Phi) is 4.93. The monoisotopic (exact) mass is 282 g/mol. The van der Waals surface area contributed by atoms with Gasteiger partial charge in [-0.2, -0.15) is 0 Å². The third-order valence-corrected chi connectivity index (χ3v) is 3.38. The Bertz CT molecular complexity index is 453. The maximum atomic E-state index is 12.8. The predicted molar refractivity (Wildman–Crippen MR) is 73.7 cm³/mol. The highest BCUT2D eigenvalue weighted by Gasteiger charge is 2.21. The lowest BCUT2D eigenvalue weighted by Gasteiger charge is -2.34. The van der Waals surface area contributed by atoms with Crippen molar-refractivity contribution in [3.8, 4) is 0 Å². The number of rotatable bonds is 3. The minimum atomic E-state index is -0.325. The van der Waals surface area contributed by atoms with E-state index in [1.165, 1.54) is 29.8 Å². The van der Waals surface area contributed by atoms with Crippen LogP contribution in [0.5, 0.6) is 0 Å². The van der Waals surface area contributed by atoms with E-state index in [0.717, 1.165) is 19.6 Å². The van der Waals surface area contributed by atoms with Crippen molar-refractivity contribution >= 4 is 17.5 Å². The molecule has 0 aliphatic carbocycles.